The third-order valence-corrected chi connectivity index (χ3v) is 3.28. The molecule has 1 amide bonds. The molecule has 0 saturated heterocycles. The fourth-order valence-corrected chi connectivity index (χ4v) is 1.94. The van der Waals surface area contributed by atoms with Crippen molar-refractivity contribution in [2.24, 2.45) is 5.10 Å². The zero-order valence-electron chi connectivity index (χ0n) is 11.1. The molecule has 21 heavy (non-hydrogen) atoms. The van der Waals surface area contributed by atoms with Crippen LogP contribution < -0.4 is 5.43 Å². The van der Waals surface area contributed by atoms with Crippen LogP contribution in [0.15, 0.2) is 47.6 Å². The van der Waals surface area contributed by atoms with E-state index < -0.39 is 5.91 Å². The highest BCUT2D eigenvalue weighted by Gasteiger charge is 2.10. The molecule has 0 saturated carbocycles. The van der Waals surface area contributed by atoms with Crippen molar-refractivity contribution in [1.29, 1.82) is 0 Å². The number of hydrogen-bond acceptors (Lipinski definition) is 3. The second-order valence-corrected chi connectivity index (χ2v) is 5.18. The van der Waals surface area contributed by atoms with Crippen molar-refractivity contribution in [2.45, 2.75) is 6.92 Å². The Kier molecular flexibility index (Phi) is 4.83. The number of phenolic OH excluding ortho intramolecular Hbond substituents is 1. The first-order chi connectivity index (χ1) is 9.97. The zero-order chi connectivity index (χ0) is 15.4. The number of rotatable bonds is 3. The Morgan fingerprint density at radius 1 is 1.10 bits per heavy atom. The Labute approximate surface area is 132 Å². The van der Waals surface area contributed by atoms with Crippen LogP contribution >= 0.6 is 23.2 Å². The summed E-state index contributed by atoms with van der Waals surface area (Å²) >= 11 is 11.5. The minimum Gasteiger partial charge on any atom is -0.507 e. The van der Waals surface area contributed by atoms with Crippen LogP contribution in [0.2, 0.25) is 10.0 Å². The number of halogens is 2. The lowest BCUT2D eigenvalue weighted by molar-refractivity contribution is 0.0952. The Bertz CT molecular complexity index is 697. The first-order valence-corrected chi connectivity index (χ1v) is 6.82. The van der Waals surface area contributed by atoms with Gasteiger partial charge < -0.3 is 5.11 Å². The summed E-state index contributed by atoms with van der Waals surface area (Å²) in [4.78, 5) is 11.9. The lowest BCUT2D eigenvalue weighted by Crippen LogP contribution is -2.19. The molecule has 0 heterocycles. The van der Waals surface area contributed by atoms with Gasteiger partial charge in [-0.2, -0.15) is 5.10 Å². The molecule has 0 unspecified atom stereocenters. The quantitative estimate of drug-likeness (QED) is 0.666. The smallest absolute Gasteiger partial charge is 0.275 e. The molecular formula is C15H12Cl2N2O2. The second kappa shape index (κ2) is 6.61. The number of hydrogen-bond donors (Lipinski definition) is 2. The highest BCUT2D eigenvalue weighted by Crippen LogP contribution is 2.21. The lowest BCUT2D eigenvalue weighted by Gasteiger charge is -2.05. The molecule has 0 aliphatic rings. The van der Waals surface area contributed by atoms with E-state index in [1.54, 1.807) is 31.2 Å². The van der Waals surface area contributed by atoms with Gasteiger partial charge in [0.1, 0.15) is 5.75 Å². The normalized spacial score (nSPS) is 11.3. The summed E-state index contributed by atoms with van der Waals surface area (Å²) in [5, 5.41) is 14.6. The van der Waals surface area contributed by atoms with Gasteiger partial charge in [0, 0.05) is 10.0 Å². The topological polar surface area (TPSA) is 61.7 Å². The van der Waals surface area contributed by atoms with Crippen LogP contribution in [0.1, 0.15) is 22.8 Å². The van der Waals surface area contributed by atoms with Gasteiger partial charge in [0.15, 0.2) is 0 Å². The number of hydrazone groups is 1. The van der Waals surface area contributed by atoms with Crippen molar-refractivity contribution in [1.82, 2.24) is 5.43 Å². The molecule has 2 aromatic rings. The van der Waals surface area contributed by atoms with Crippen LogP contribution in [0.25, 0.3) is 0 Å². The molecule has 6 heteroatoms. The van der Waals surface area contributed by atoms with E-state index in [1.165, 1.54) is 18.2 Å². The molecule has 0 aliphatic heterocycles. The molecule has 2 rings (SSSR count). The molecule has 2 N–H and O–H groups in total. The van der Waals surface area contributed by atoms with Crippen molar-refractivity contribution < 1.29 is 9.90 Å². The molecule has 0 aliphatic carbocycles. The average Bonchev–Trinajstić information content (AvgIpc) is 2.45. The summed E-state index contributed by atoms with van der Waals surface area (Å²) in [6, 6.07) is 11.3. The van der Waals surface area contributed by atoms with Gasteiger partial charge in [-0.3, -0.25) is 4.79 Å². The molecule has 4 nitrogen and oxygen atoms in total. The van der Waals surface area contributed by atoms with E-state index >= 15 is 0 Å². The van der Waals surface area contributed by atoms with Crippen LogP contribution in [0, 0.1) is 0 Å². The summed E-state index contributed by atoms with van der Waals surface area (Å²) in [6.45, 7) is 1.76. The fraction of sp³-hybridized carbons (Fsp3) is 0.0667. The van der Waals surface area contributed by atoms with E-state index in [2.05, 4.69) is 10.5 Å². The Morgan fingerprint density at radius 3 is 2.33 bits per heavy atom. The number of benzene rings is 2. The van der Waals surface area contributed by atoms with E-state index in [4.69, 9.17) is 23.2 Å². The van der Waals surface area contributed by atoms with Gasteiger partial charge >= 0.3 is 0 Å². The highest BCUT2D eigenvalue weighted by molar-refractivity contribution is 6.31. The third-order valence-electron chi connectivity index (χ3n) is 2.79. The fourth-order valence-electron chi connectivity index (χ4n) is 1.65. The SMILES string of the molecule is C/C(=N/NC(=O)c1ccc(Cl)cc1O)c1ccc(Cl)cc1. The van der Waals surface area contributed by atoms with E-state index in [1.807, 2.05) is 0 Å². The predicted molar refractivity (Wildman–Crippen MR) is 84.2 cm³/mol. The molecule has 0 atom stereocenters. The maximum Gasteiger partial charge on any atom is 0.275 e. The minimum absolute atomic E-state index is 0.104. The number of carbonyl (C=O) groups is 1. The highest BCUT2D eigenvalue weighted by atomic mass is 35.5. The monoisotopic (exact) mass is 322 g/mol. The predicted octanol–water partition coefficient (Wildman–Crippen LogP) is 3.85. The van der Waals surface area contributed by atoms with Gasteiger partial charge in [0.05, 0.1) is 11.3 Å². The van der Waals surface area contributed by atoms with Crippen LogP contribution in [0.4, 0.5) is 0 Å². The third kappa shape index (κ3) is 3.97. The maximum absolute atomic E-state index is 11.9. The van der Waals surface area contributed by atoms with Crippen LogP contribution in [-0.2, 0) is 0 Å². The Hall–Kier alpha value is -2.04. The molecule has 0 bridgehead atoms. The number of phenols is 1. The lowest BCUT2D eigenvalue weighted by atomic mass is 10.1. The number of nitrogens with zero attached hydrogens (tertiary/aromatic N) is 1. The number of amides is 1. The molecule has 0 radical (unpaired) electrons. The molecular weight excluding hydrogens is 311 g/mol. The summed E-state index contributed by atoms with van der Waals surface area (Å²) < 4.78 is 0. The van der Waals surface area contributed by atoms with Crippen molar-refractivity contribution in [3.05, 3.63) is 63.6 Å². The van der Waals surface area contributed by atoms with E-state index in [-0.39, 0.29) is 11.3 Å². The van der Waals surface area contributed by atoms with Gasteiger partial charge in [0.25, 0.3) is 5.91 Å². The number of nitrogens with one attached hydrogen (secondary N) is 1. The molecule has 0 fully saturated rings. The van der Waals surface area contributed by atoms with Crippen LogP contribution in [-0.4, -0.2) is 16.7 Å². The average molecular weight is 323 g/mol. The second-order valence-electron chi connectivity index (χ2n) is 4.31. The van der Waals surface area contributed by atoms with Gasteiger partial charge in [-0.1, -0.05) is 35.3 Å². The van der Waals surface area contributed by atoms with Gasteiger partial charge in [-0.25, -0.2) is 5.43 Å². The van der Waals surface area contributed by atoms with Crippen LogP contribution in [0.5, 0.6) is 5.75 Å². The summed E-state index contributed by atoms with van der Waals surface area (Å²) in [5.74, 6) is -0.711. The van der Waals surface area contributed by atoms with Crippen molar-refractivity contribution in [2.75, 3.05) is 0 Å². The first kappa shape index (κ1) is 15.4. The van der Waals surface area contributed by atoms with Crippen LogP contribution in [0.3, 0.4) is 0 Å². The molecule has 0 aromatic heterocycles. The van der Waals surface area contributed by atoms with E-state index in [9.17, 15) is 9.90 Å². The molecule has 108 valence electrons. The largest absolute Gasteiger partial charge is 0.507 e. The first-order valence-electron chi connectivity index (χ1n) is 6.06. The van der Waals surface area contributed by atoms with Gasteiger partial charge in [-0.15, -0.1) is 0 Å². The van der Waals surface area contributed by atoms with Crippen molar-refractivity contribution in [3.8, 4) is 5.75 Å². The van der Waals surface area contributed by atoms with Crippen molar-refractivity contribution in [3.63, 3.8) is 0 Å². The zero-order valence-corrected chi connectivity index (χ0v) is 12.6. The Morgan fingerprint density at radius 2 is 1.71 bits per heavy atom. The minimum atomic E-state index is -0.516. The summed E-state index contributed by atoms with van der Waals surface area (Å²) in [7, 11) is 0. The molecule has 0 spiro atoms. The van der Waals surface area contributed by atoms with Gasteiger partial charge in [-0.05, 0) is 42.8 Å². The van der Waals surface area contributed by atoms with E-state index in [0.717, 1.165) is 5.56 Å². The number of carbonyl (C=O) groups excluding carboxylic acids is 1. The standard InChI is InChI=1S/C15H12Cl2N2O2/c1-9(10-2-4-11(16)5-3-10)18-19-15(21)13-7-6-12(17)8-14(13)20/h2-8,20H,1H3,(H,19,21)/b18-9-. The summed E-state index contributed by atoms with van der Waals surface area (Å²) in [5.41, 5.74) is 3.94. The van der Waals surface area contributed by atoms with Gasteiger partial charge in [0.2, 0.25) is 0 Å². The van der Waals surface area contributed by atoms with Crippen molar-refractivity contribution >= 4 is 34.8 Å². The molecule has 2 aromatic carbocycles. The Balaban J connectivity index is 2.12. The van der Waals surface area contributed by atoms with E-state index in [0.29, 0.717) is 15.8 Å². The number of aromatic hydroxyl groups is 1. The summed E-state index contributed by atoms with van der Waals surface area (Å²) in [6.07, 6.45) is 0. The maximum atomic E-state index is 11.9.